The van der Waals surface area contributed by atoms with Crippen molar-refractivity contribution in [2.45, 2.75) is 31.7 Å². The lowest BCUT2D eigenvalue weighted by Crippen LogP contribution is -2.46. The van der Waals surface area contributed by atoms with E-state index in [1.54, 1.807) is 6.07 Å². The van der Waals surface area contributed by atoms with Crippen molar-refractivity contribution in [1.29, 1.82) is 10.5 Å². The second-order valence-corrected chi connectivity index (χ2v) is 7.78. The molecule has 2 aliphatic rings. The lowest BCUT2D eigenvalue weighted by molar-refractivity contribution is 0.0624. The predicted octanol–water partition coefficient (Wildman–Crippen LogP) is 3.04. The average molecular weight is 432 g/mol. The molecule has 1 aliphatic heterocycles. The number of fused-ring (bicyclic) bond motifs is 1. The molecule has 142 valence electrons. The number of rotatable bonds is 3. The molecule has 3 heterocycles. The van der Waals surface area contributed by atoms with Crippen molar-refractivity contribution in [2.24, 2.45) is 11.8 Å². The van der Waals surface area contributed by atoms with E-state index in [1.165, 1.54) is 19.0 Å². The minimum Gasteiger partial charge on any atom is -0.444 e. The molecule has 7 nitrogen and oxygen atoms in total. The van der Waals surface area contributed by atoms with Crippen molar-refractivity contribution in [2.75, 3.05) is 25.4 Å². The first-order valence-electron chi connectivity index (χ1n) is 9.05. The third-order valence-electron chi connectivity index (χ3n) is 5.40. The number of furan rings is 1. The zero-order valence-electron chi connectivity index (χ0n) is 14.9. The second-order valence-electron chi connectivity index (χ2n) is 6.98. The number of nitrogen functional groups attached to an aromatic ring is 1. The molecule has 0 radical (unpaired) electrons. The van der Waals surface area contributed by atoms with Crippen molar-refractivity contribution in [3.63, 3.8) is 0 Å². The molecule has 0 amide bonds. The fourth-order valence-corrected chi connectivity index (χ4v) is 4.19. The summed E-state index contributed by atoms with van der Waals surface area (Å²) in [6.45, 7) is 2.37. The van der Waals surface area contributed by atoms with Gasteiger partial charge in [-0.05, 0) is 54.1 Å². The van der Waals surface area contributed by atoms with Crippen molar-refractivity contribution in [1.82, 2.24) is 9.88 Å². The highest BCUT2D eigenvalue weighted by molar-refractivity contribution is 9.10. The number of anilines is 1. The van der Waals surface area contributed by atoms with Crippen LogP contribution in [0.25, 0.3) is 11.0 Å². The maximum absolute atomic E-state index is 8.89. The van der Waals surface area contributed by atoms with Crippen molar-refractivity contribution >= 4 is 32.7 Å². The predicted molar refractivity (Wildman–Crippen MR) is 104 cm³/mol. The minimum atomic E-state index is 0.253. The molecule has 1 saturated heterocycles. The third kappa shape index (κ3) is 4.24. The normalized spacial score (nSPS) is 24.5. The van der Waals surface area contributed by atoms with Crippen molar-refractivity contribution in [3.05, 3.63) is 22.5 Å². The van der Waals surface area contributed by atoms with Crippen LogP contribution in [-0.4, -0.2) is 40.7 Å². The summed E-state index contributed by atoms with van der Waals surface area (Å²) in [5.41, 5.74) is 6.11. The van der Waals surface area contributed by atoms with Crippen LogP contribution in [-0.2, 0) is 0 Å². The number of aliphatic hydroxyl groups is 1. The number of nitrogens with zero attached hydrogens (tertiary/aromatic N) is 4. The van der Waals surface area contributed by atoms with Gasteiger partial charge in [0.1, 0.15) is 11.9 Å². The lowest BCUT2D eigenvalue weighted by atomic mass is 9.76. The fourth-order valence-electron chi connectivity index (χ4n) is 3.78. The summed E-state index contributed by atoms with van der Waals surface area (Å²) in [5.74, 6) is 1.59. The number of aromatic nitrogens is 1. The number of pyridine rings is 1. The summed E-state index contributed by atoms with van der Waals surface area (Å²) in [5, 5.41) is 27.1. The summed E-state index contributed by atoms with van der Waals surface area (Å²) < 4.78 is 5.81. The van der Waals surface area contributed by atoms with E-state index >= 15 is 0 Å². The van der Waals surface area contributed by atoms with E-state index in [1.807, 2.05) is 6.07 Å². The third-order valence-corrected chi connectivity index (χ3v) is 6.24. The molecule has 0 bridgehead atoms. The number of likely N-dealkylation sites (tertiary alicyclic amines) is 1. The van der Waals surface area contributed by atoms with Crippen molar-refractivity contribution < 1.29 is 9.52 Å². The highest BCUT2D eigenvalue weighted by Gasteiger charge is 2.38. The van der Waals surface area contributed by atoms with Gasteiger partial charge in [0.2, 0.25) is 5.76 Å². The quantitative estimate of drug-likeness (QED) is 0.764. The minimum absolute atomic E-state index is 0.253. The molecular weight excluding hydrogens is 410 g/mol. The standard InChI is InChI=1S/C11H18N2O.C8H4BrN3O/c12-7-9-3-5-13(8-9)11-2-1-10(11)4-6-14;9-7-5-1-4(2-10)13-6(5)3-12-8(7)11/h9-11,14H,1-6,8H2;1,3H,(H2,11,12). The largest absolute Gasteiger partial charge is 0.444 e. The lowest BCUT2D eigenvalue weighted by Gasteiger charge is -2.42. The first-order valence-corrected chi connectivity index (χ1v) is 9.84. The number of nitriles is 2. The Morgan fingerprint density at radius 1 is 1.37 bits per heavy atom. The fraction of sp³-hybridized carbons (Fsp3) is 0.526. The Balaban J connectivity index is 0.000000156. The van der Waals surface area contributed by atoms with Crippen LogP contribution in [0.5, 0.6) is 0 Å². The number of nitrogens with two attached hydrogens (primary N) is 1. The van der Waals surface area contributed by atoms with Gasteiger partial charge in [-0.2, -0.15) is 10.5 Å². The Morgan fingerprint density at radius 2 is 2.19 bits per heavy atom. The van der Waals surface area contributed by atoms with Crippen LogP contribution in [0.15, 0.2) is 21.2 Å². The van der Waals surface area contributed by atoms with Gasteiger partial charge in [0.25, 0.3) is 0 Å². The molecule has 2 aromatic rings. The van der Waals surface area contributed by atoms with Crippen LogP contribution < -0.4 is 5.73 Å². The van der Waals surface area contributed by atoms with Gasteiger partial charge in [0, 0.05) is 30.6 Å². The van der Waals surface area contributed by atoms with Gasteiger partial charge in [-0.15, -0.1) is 0 Å². The maximum Gasteiger partial charge on any atom is 0.204 e. The van der Waals surface area contributed by atoms with Gasteiger partial charge >= 0.3 is 0 Å². The average Bonchev–Trinajstić information content (AvgIpc) is 3.29. The van der Waals surface area contributed by atoms with E-state index in [4.69, 9.17) is 25.8 Å². The number of aliphatic hydroxyl groups excluding tert-OH is 1. The van der Waals surface area contributed by atoms with Crippen LogP contribution in [0.1, 0.15) is 31.4 Å². The zero-order valence-corrected chi connectivity index (χ0v) is 16.5. The molecule has 1 saturated carbocycles. The molecule has 4 rings (SSSR count). The smallest absolute Gasteiger partial charge is 0.204 e. The van der Waals surface area contributed by atoms with E-state index in [2.05, 4.69) is 31.9 Å². The molecule has 2 fully saturated rings. The second kappa shape index (κ2) is 8.71. The van der Waals surface area contributed by atoms with Gasteiger partial charge in [-0.25, -0.2) is 4.98 Å². The van der Waals surface area contributed by atoms with E-state index in [-0.39, 0.29) is 11.7 Å². The maximum atomic E-state index is 8.89. The summed E-state index contributed by atoms with van der Waals surface area (Å²) in [4.78, 5) is 6.34. The van der Waals surface area contributed by atoms with Crippen LogP contribution in [0, 0.1) is 34.5 Å². The molecule has 8 heteroatoms. The van der Waals surface area contributed by atoms with E-state index in [0.29, 0.717) is 34.4 Å². The number of hydrogen-bond donors (Lipinski definition) is 2. The molecule has 27 heavy (non-hydrogen) atoms. The zero-order chi connectivity index (χ0) is 19.4. The molecule has 1 aliphatic carbocycles. The SMILES string of the molecule is N#CC1CCN(C2CCC2CCO)C1.N#Cc1cc2c(Br)c(N)ncc2o1. The Bertz CT molecular complexity index is 885. The van der Waals surface area contributed by atoms with Gasteiger partial charge in [-0.1, -0.05) is 0 Å². The summed E-state index contributed by atoms with van der Waals surface area (Å²) in [6, 6.07) is 6.55. The Morgan fingerprint density at radius 3 is 2.78 bits per heavy atom. The van der Waals surface area contributed by atoms with Crippen LogP contribution in [0.3, 0.4) is 0 Å². The summed E-state index contributed by atoms with van der Waals surface area (Å²) >= 11 is 3.27. The van der Waals surface area contributed by atoms with Crippen LogP contribution >= 0.6 is 15.9 Å². The Kier molecular flexibility index (Phi) is 6.33. The highest BCUT2D eigenvalue weighted by Crippen LogP contribution is 2.37. The molecule has 3 atom stereocenters. The highest BCUT2D eigenvalue weighted by atomic mass is 79.9. The Hall–Kier alpha value is -2.13. The first kappa shape index (κ1) is 19.6. The van der Waals surface area contributed by atoms with Crippen molar-refractivity contribution in [3.8, 4) is 12.1 Å². The topological polar surface area (TPSA) is 123 Å². The van der Waals surface area contributed by atoms with E-state index < -0.39 is 0 Å². The van der Waals surface area contributed by atoms with Gasteiger partial charge in [0.15, 0.2) is 5.58 Å². The molecule has 0 spiro atoms. The summed E-state index contributed by atoms with van der Waals surface area (Å²) in [7, 11) is 0. The van der Waals surface area contributed by atoms with Gasteiger partial charge in [0.05, 0.1) is 22.7 Å². The van der Waals surface area contributed by atoms with E-state index in [0.717, 1.165) is 31.3 Å². The van der Waals surface area contributed by atoms with Crippen LogP contribution in [0.4, 0.5) is 5.82 Å². The van der Waals surface area contributed by atoms with Gasteiger partial charge in [-0.3, -0.25) is 4.90 Å². The molecule has 0 aromatic carbocycles. The molecule has 3 N–H and O–H groups in total. The summed E-state index contributed by atoms with van der Waals surface area (Å²) in [6.07, 6.45) is 6.01. The number of hydrogen-bond acceptors (Lipinski definition) is 7. The molecular formula is C19H22BrN5O2. The molecule has 2 aromatic heterocycles. The monoisotopic (exact) mass is 431 g/mol. The molecule has 3 unspecified atom stereocenters. The van der Waals surface area contributed by atoms with E-state index in [9.17, 15) is 0 Å². The first-order chi connectivity index (χ1) is 13.1. The Labute approximate surface area is 166 Å². The van der Waals surface area contributed by atoms with Crippen LogP contribution in [0.2, 0.25) is 0 Å². The number of halogens is 1. The van der Waals surface area contributed by atoms with Gasteiger partial charge < -0.3 is 15.3 Å².